The van der Waals surface area contributed by atoms with Crippen LogP contribution >= 0.6 is 0 Å². The highest BCUT2D eigenvalue weighted by Crippen LogP contribution is 2.75. The summed E-state index contributed by atoms with van der Waals surface area (Å²) in [6.45, 7) is 17.7. The highest BCUT2D eigenvalue weighted by Gasteiger charge is 2.70. The maximum Gasteiger partial charge on any atom is 0.187 e. The minimum absolute atomic E-state index is 0.0627. The third-order valence-electron chi connectivity index (χ3n) is 14.2. The first-order valence-electron chi connectivity index (χ1n) is 17.5. The van der Waals surface area contributed by atoms with Crippen molar-refractivity contribution in [1.29, 1.82) is 0 Å². The molecule has 45 heavy (non-hydrogen) atoms. The van der Waals surface area contributed by atoms with Gasteiger partial charge >= 0.3 is 0 Å². The van der Waals surface area contributed by atoms with Gasteiger partial charge < -0.3 is 39.7 Å². The summed E-state index contributed by atoms with van der Waals surface area (Å²) >= 11 is 0. The van der Waals surface area contributed by atoms with Gasteiger partial charge in [0.15, 0.2) is 6.29 Å². The third-order valence-corrected chi connectivity index (χ3v) is 14.2. The Balaban J connectivity index is 1.53. The predicted octanol–water partition coefficient (Wildman–Crippen LogP) is 4.75. The quantitative estimate of drug-likeness (QED) is 0.242. The Kier molecular flexibility index (Phi) is 9.65. The lowest BCUT2D eigenvalue weighted by Gasteiger charge is -2.67. The Morgan fingerprint density at radius 1 is 0.956 bits per heavy atom. The van der Waals surface area contributed by atoms with E-state index in [0.29, 0.717) is 17.8 Å². The molecule has 0 bridgehead atoms. The van der Waals surface area contributed by atoms with E-state index in [-0.39, 0.29) is 27.8 Å². The molecule has 4 fully saturated rings. The van der Waals surface area contributed by atoms with Crippen LogP contribution in [0, 0.1) is 45.3 Å². The zero-order chi connectivity index (χ0) is 33.3. The molecule has 4 aliphatic carbocycles. The zero-order valence-electron chi connectivity index (χ0n) is 29.2. The van der Waals surface area contributed by atoms with Gasteiger partial charge in [-0.1, -0.05) is 65.3 Å². The van der Waals surface area contributed by atoms with Gasteiger partial charge in [0.25, 0.3) is 0 Å². The fourth-order valence-electron chi connectivity index (χ4n) is 10.9. The van der Waals surface area contributed by atoms with Gasteiger partial charge in [-0.25, -0.2) is 0 Å². The average molecular weight is 635 g/mol. The Morgan fingerprint density at radius 2 is 1.64 bits per heavy atom. The molecule has 5 N–H and O–H groups in total. The van der Waals surface area contributed by atoms with Gasteiger partial charge in [-0.05, 0) is 92.8 Å². The molecule has 0 amide bonds. The van der Waals surface area contributed by atoms with E-state index in [4.69, 9.17) is 14.2 Å². The summed E-state index contributed by atoms with van der Waals surface area (Å²) in [6.07, 6.45) is 6.25. The standard InChI is InChI=1S/C37H62O8/c1-21(11-10-15-33(2,3)43-9)22-14-16-37(8)31-25(44-32-30(42)29(41)28(40)26(20-38)45-32)19-24-23(12-13-27(39)34(24,4)5)35(31,6)17-18-36(22,37)7/h10,15,19,21-23,25-32,38-42H,11-14,16-18,20H2,1-9H3/b15-10+/t21-,22-,23-,25+,26-,27+,28-,29-,30-,31-,32-,35+,36-,37+/m1/s1. The van der Waals surface area contributed by atoms with Crippen molar-refractivity contribution in [2.24, 2.45) is 45.3 Å². The maximum absolute atomic E-state index is 11.2. The molecule has 1 saturated heterocycles. The molecular formula is C37H62O8. The van der Waals surface area contributed by atoms with E-state index in [1.54, 1.807) is 7.11 Å². The van der Waals surface area contributed by atoms with Gasteiger partial charge in [0.05, 0.1) is 24.4 Å². The van der Waals surface area contributed by atoms with Crippen molar-refractivity contribution in [3.05, 3.63) is 23.8 Å². The van der Waals surface area contributed by atoms with Crippen LogP contribution in [0.1, 0.15) is 100 Å². The lowest BCUT2D eigenvalue weighted by Crippen LogP contribution is -2.65. The van der Waals surface area contributed by atoms with Gasteiger partial charge in [0.1, 0.15) is 24.4 Å². The number of ether oxygens (including phenoxy) is 3. The highest BCUT2D eigenvalue weighted by atomic mass is 16.7. The molecule has 1 aliphatic heterocycles. The van der Waals surface area contributed by atoms with Gasteiger partial charge in [-0.2, -0.15) is 0 Å². The molecule has 0 aromatic rings. The molecule has 3 saturated carbocycles. The fraction of sp³-hybridized carbons (Fsp3) is 0.892. The van der Waals surface area contributed by atoms with Gasteiger partial charge in [-0.15, -0.1) is 0 Å². The minimum atomic E-state index is -1.50. The Bertz CT molecular complexity index is 1130. The van der Waals surface area contributed by atoms with E-state index < -0.39 is 54.9 Å². The summed E-state index contributed by atoms with van der Waals surface area (Å²) in [6, 6.07) is 0. The van der Waals surface area contributed by atoms with Crippen molar-refractivity contribution >= 4 is 0 Å². The molecule has 1 heterocycles. The van der Waals surface area contributed by atoms with Crippen molar-refractivity contribution in [2.45, 2.75) is 149 Å². The minimum Gasteiger partial charge on any atom is -0.394 e. The van der Waals surface area contributed by atoms with Crippen LogP contribution in [0.15, 0.2) is 23.8 Å². The molecule has 8 heteroatoms. The second kappa shape index (κ2) is 12.2. The number of methoxy groups -OCH3 is 1. The smallest absolute Gasteiger partial charge is 0.187 e. The molecule has 8 nitrogen and oxygen atoms in total. The Labute approximate surface area is 271 Å². The summed E-state index contributed by atoms with van der Waals surface area (Å²) in [5.74, 6) is 1.45. The van der Waals surface area contributed by atoms with Gasteiger partial charge in [-0.3, -0.25) is 0 Å². The average Bonchev–Trinajstić information content (AvgIpc) is 3.26. The molecule has 0 spiro atoms. The predicted molar refractivity (Wildman–Crippen MR) is 173 cm³/mol. The van der Waals surface area contributed by atoms with Crippen LogP contribution in [0.4, 0.5) is 0 Å². The first kappa shape index (κ1) is 35.5. The van der Waals surface area contributed by atoms with E-state index >= 15 is 0 Å². The molecule has 0 aromatic heterocycles. The van der Waals surface area contributed by atoms with Crippen molar-refractivity contribution in [3.63, 3.8) is 0 Å². The summed E-state index contributed by atoms with van der Waals surface area (Å²) in [5.41, 5.74) is 0.390. The second-order valence-electron chi connectivity index (χ2n) is 17.2. The highest BCUT2D eigenvalue weighted by molar-refractivity contribution is 5.33. The molecule has 0 unspecified atom stereocenters. The number of hydrogen-bond donors (Lipinski definition) is 5. The van der Waals surface area contributed by atoms with Crippen LogP contribution in [-0.4, -0.2) is 87.8 Å². The topological polar surface area (TPSA) is 129 Å². The van der Waals surface area contributed by atoms with Crippen LogP contribution in [0.2, 0.25) is 0 Å². The zero-order valence-corrected chi connectivity index (χ0v) is 29.2. The molecule has 0 radical (unpaired) electrons. The molecule has 5 rings (SSSR count). The van der Waals surface area contributed by atoms with Crippen LogP contribution in [0.25, 0.3) is 0 Å². The Morgan fingerprint density at radius 3 is 2.29 bits per heavy atom. The summed E-state index contributed by atoms with van der Waals surface area (Å²) in [4.78, 5) is 0. The summed E-state index contributed by atoms with van der Waals surface area (Å²) < 4.78 is 18.4. The van der Waals surface area contributed by atoms with E-state index in [2.05, 4.69) is 73.6 Å². The van der Waals surface area contributed by atoms with E-state index in [9.17, 15) is 25.5 Å². The SMILES string of the molecule is COC(C)(C)/C=C/C[C@@H](C)[C@H]1CC[C@@]2(C)[C@@H]3[C@@H](O[C@@H]4O[C@H](CO)[C@@H](O)[C@@H](O)[C@H]4O)C=C4[C@@H](CC[C@H](O)C4(C)C)[C@]3(C)CC[C@]12C. The molecule has 0 aromatic carbocycles. The molecule has 5 aliphatic rings. The van der Waals surface area contributed by atoms with Crippen molar-refractivity contribution < 1.29 is 39.7 Å². The van der Waals surface area contributed by atoms with Crippen LogP contribution in [-0.2, 0) is 14.2 Å². The first-order valence-corrected chi connectivity index (χ1v) is 17.5. The van der Waals surface area contributed by atoms with Crippen LogP contribution < -0.4 is 0 Å². The van der Waals surface area contributed by atoms with Crippen molar-refractivity contribution in [1.82, 2.24) is 0 Å². The second-order valence-corrected chi connectivity index (χ2v) is 17.2. The number of fused-ring (bicyclic) bond motifs is 5. The van der Waals surface area contributed by atoms with E-state index in [1.807, 2.05) is 0 Å². The molecule has 258 valence electrons. The molecular weight excluding hydrogens is 572 g/mol. The maximum atomic E-state index is 11.2. The molecule has 14 atom stereocenters. The monoisotopic (exact) mass is 634 g/mol. The number of aliphatic hydroxyl groups is 5. The first-order chi connectivity index (χ1) is 20.9. The normalized spacial score (nSPS) is 48.8. The summed E-state index contributed by atoms with van der Waals surface area (Å²) in [5, 5.41) is 53.2. The number of aliphatic hydroxyl groups excluding tert-OH is 5. The number of hydrogen-bond acceptors (Lipinski definition) is 8. The van der Waals surface area contributed by atoms with Gasteiger partial charge in [0, 0.05) is 18.4 Å². The third kappa shape index (κ3) is 5.61. The Hall–Kier alpha value is -0.840. The van der Waals surface area contributed by atoms with E-state index in [1.165, 1.54) is 5.57 Å². The number of allylic oxidation sites excluding steroid dienone is 1. The van der Waals surface area contributed by atoms with Crippen LogP contribution in [0.5, 0.6) is 0 Å². The fourth-order valence-corrected chi connectivity index (χ4v) is 10.9. The van der Waals surface area contributed by atoms with Crippen LogP contribution in [0.3, 0.4) is 0 Å². The van der Waals surface area contributed by atoms with Crippen molar-refractivity contribution in [2.75, 3.05) is 13.7 Å². The lowest BCUT2D eigenvalue weighted by atomic mass is 9.38. The lowest BCUT2D eigenvalue weighted by molar-refractivity contribution is -0.322. The number of rotatable bonds is 8. The summed E-state index contributed by atoms with van der Waals surface area (Å²) in [7, 11) is 1.75. The largest absolute Gasteiger partial charge is 0.394 e. The van der Waals surface area contributed by atoms with Gasteiger partial charge in [0.2, 0.25) is 0 Å². The van der Waals surface area contributed by atoms with Crippen molar-refractivity contribution in [3.8, 4) is 0 Å². The van der Waals surface area contributed by atoms with E-state index in [0.717, 1.165) is 44.9 Å².